The molecule has 0 aliphatic carbocycles. The highest BCUT2D eigenvalue weighted by atomic mass is 16.2. The summed E-state index contributed by atoms with van der Waals surface area (Å²) in [7, 11) is 2.01. The molecule has 1 unspecified atom stereocenters. The first kappa shape index (κ1) is 16.4. The fourth-order valence-corrected chi connectivity index (χ4v) is 2.81. The molecule has 0 spiro atoms. The van der Waals surface area contributed by atoms with Crippen molar-refractivity contribution in [3.05, 3.63) is 0 Å². The highest BCUT2D eigenvalue weighted by Gasteiger charge is 2.20. The Labute approximate surface area is 118 Å². The summed E-state index contributed by atoms with van der Waals surface area (Å²) >= 11 is 0. The molecule has 1 amide bonds. The molecule has 0 bridgehead atoms. The fraction of sp³-hybridized carbons (Fsp3) is 0.933. The second-order valence-electron chi connectivity index (χ2n) is 5.87. The van der Waals surface area contributed by atoms with Crippen LogP contribution in [-0.4, -0.2) is 50.1 Å². The second kappa shape index (κ2) is 9.32. The largest absolute Gasteiger partial charge is 0.353 e. The lowest BCUT2D eigenvalue weighted by Crippen LogP contribution is -2.44. The van der Waals surface area contributed by atoms with Gasteiger partial charge in [-0.05, 0) is 65.2 Å². The lowest BCUT2D eigenvalue weighted by atomic mass is 9.93. The van der Waals surface area contributed by atoms with Gasteiger partial charge in [0.1, 0.15) is 0 Å². The van der Waals surface area contributed by atoms with Gasteiger partial charge in [0.15, 0.2) is 0 Å². The molecule has 0 saturated carbocycles. The van der Waals surface area contributed by atoms with Gasteiger partial charge in [-0.25, -0.2) is 0 Å². The minimum Gasteiger partial charge on any atom is -0.353 e. The first-order valence-electron chi connectivity index (χ1n) is 7.82. The molecule has 4 nitrogen and oxygen atoms in total. The summed E-state index contributed by atoms with van der Waals surface area (Å²) in [6, 6.07) is 0.311. The Morgan fingerprint density at radius 2 is 2.05 bits per heavy atom. The first-order chi connectivity index (χ1) is 9.15. The second-order valence-corrected chi connectivity index (χ2v) is 5.87. The molecule has 4 heteroatoms. The lowest BCUT2D eigenvalue weighted by Gasteiger charge is -2.31. The average molecular weight is 269 g/mol. The predicted molar refractivity (Wildman–Crippen MR) is 80.2 cm³/mol. The van der Waals surface area contributed by atoms with E-state index in [4.69, 9.17) is 0 Å². The molecule has 2 N–H and O–H groups in total. The molecule has 0 aromatic heterocycles. The van der Waals surface area contributed by atoms with Crippen LogP contribution in [0.1, 0.15) is 46.0 Å². The monoisotopic (exact) mass is 269 g/mol. The van der Waals surface area contributed by atoms with Gasteiger partial charge in [0.2, 0.25) is 5.91 Å². The highest BCUT2D eigenvalue weighted by Crippen LogP contribution is 2.19. The Balaban J connectivity index is 2.16. The van der Waals surface area contributed by atoms with Crippen LogP contribution in [0.5, 0.6) is 0 Å². The van der Waals surface area contributed by atoms with Crippen molar-refractivity contribution in [1.29, 1.82) is 0 Å². The predicted octanol–water partition coefficient (Wildman–Crippen LogP) is 1.61. The molecule has 1 fully saturated rings. The molecule has 0 radical (unpaired) electrons. The van der Waals surface area contributed by atoms with Gasteiger partial charge in [0.05, 0.1) is 6.54 Å². The first-order valence-corrected chi connectivity index (χ1v) is 7.82. The van der Waals surface area contributed by atoms with E-state index in [-0.39, 0.29) is 5.91 Å². The third kappa shape index (κ3) is 6.92. The number of hydrogen-bond acceptors (Lipinski definition) is 3. The van der Waals surface area contributed by atoms with Crippen molar-refractivity contribution in [3.8, 4) is 0 Å². The van der Waals surface area contributed by atoms with Crippen LogP contribution in [0, 0.1) is 5.92 Å². The van der Waals surface area contributed by atoms with E-state index in [0.717, 1.165) is 38.4 Å². The number of hydrogen-bond donors (Lipinski definition) is 2. The lowest BCUT2D eigenvalue weighted by molar-refractivity contribution is -0.123. The van der Waals surface area contributed by atoms with Gasteiger partial charge < -0.3 is 10.6 Å². The van der Waals surface area contributed by atoms with Crippen LogP contribution in [0.2, 0.25) is 0 Å². The van der Waals surface area contributed by atoms with Crippen molar-refractivity contribution < 1.29 is 4.79 Å². The van der Waals surface area contributed by atoms with Crippen LogP contribution in [0.3, 0.4) is 0 Å². The Hall–Kier alpha value is -0.610. The zero-order chi connectivity index (χ0) is 14.1. The van der Waals surface area contributed by atoms with Crippen LogP contribution in [0.4, 0.5) is 0 Å². The topological polar surface area (TPSA) is 44.4 Å². The van der Waals surface area contributed by atoms with Gasteiger partial charge in [-0.1, -0.05) is 13.3 Å². The van der Waals surface area contributed by atoms with Crippen molar-refractivity contribution in [2.24, 2.45) is 5.92 Å². The van der Waals surface area contributed by atoms with Gasteiger partial charge >= 0.3 is 0 Å². The Bertz CT molecular complexity index is 250. The summed E-state index contributed by atoms with van der Waals surface area (Å²) in [6.07, 6.45) is 5.93. The molecule has 1 heterocycles. The highest BCUT2D eigenvalue weighted by molar-refractivity contribution is 5.78. The van der Waals surface area contributed by atoms with Gasteiger partial charge in [0, 0.05) is 6.04 Å². The van der Waals surface area contributed by atoms with Crippen molar-refractivity contribution in [3.63, 3.8) is 0 Å². The Morgan fingerprint density at radius 1 is 1.37 bits per heavy atom. The Morgan fingerprint density at radius 3 is 2.63 bits per heavy atom. The van der Waals surface area contributed by atoms with Crippen LogP contribution in [-0.2, 0) is 4.79 Å². The molecule has 1 aliphatic heterocycles. The van der Waals surface area contributed by atoms with Crippen LogP contribution in [0.25, 0.3) is 0 Å². The molecule has 112 valence electrons. The van der Waals surface area contributed by atoms with E-state index in [9.17, 15) is 4.79 Å². The zero-order valence-electron chi connectivity index (χ0n) is 12.9. The van der Waals surface area contributed by atoms with Crippen molar-refractivity contribution >= 4 is 5.91 Å². The Kier molecular flexibility index (Phi) is 8.07. The quantitative estimate of drug-likeness (QED) is 0.704. The van der Waals surface area contributed by atoms with E-state index in [1.165, 1.54) is 19.3 Å². The molecule has 1 aliphatic rings. The summed E-state index contributed by atoms with van der Waals surface area (Å²) in [6.45, 7) is 8.07. The maximum absolute atomic E-state index is 11.9. The van der Waals surface area contributed by atoms with E-state index in [2.05, 4.69) is 29.4 Å². The molecule has 19 heavy (non-hydrogen) atoms. The minimum absolute atomic E-state index is 0.189. The minimum atomic E-state index is 0.189. The van der Waals surface area contributed by atoms with E-state index in [1.54, 1.807) is 0 Å². The smallest absolute Gasteiger partial charge is 0.234 e. The third-order valence-corrected chi connectivity index (χ3v) is 4.01. The number of rotatable bonds is 8. The van der Waals surface area contributed by atoms with Crippen molar-refractivity contribution in [2.45, 2.75) is 52.0 Å². The van der Waals surface area contributed by atoms with Crippen LogP contribution < -0.4 is 10.6 Å². The summed E-state index contributed by atoms with van der Waals surface area (Å²) in [5.41, 5.74) is 0. The van der Waals surface area contributed by atoms with Gasteiger partial charge in [0.25, 0.3) is 0 Å². The van der Waals surface area contributed by atoms with Crippen LogP contribution in [0.15, 0.2) is 0 Å². The molecule has 1 rings (SSSR count). The van der Waals surface area contributed by atoms with E-state index >= 15 is 0 Å². The standard InChI is InChI=1S/C15H31N3O/c1-4-5-13(2)17-15(19)12-18-10-7-14(8-11-18)6-9-16-3/h13-14,16H,4-12H2,1-3H3,(H,17,19). The normalized spacial score (nSPS) is 19.3. The maximum atomic E-state index is 11.9. The van der Waals surface area contributed by atoms with E-state index < -0.39 is 0 Å². The third-order valence-electron chi connectivity index (χ3n) is 4.01. The molecular weight excluding hydrogens is 238 g/mol. The number of likely N-dealkylation sites (tertiary alicyclic amines) is 1. The maximum Gasteiger partial charge on any atom is 0.234 e. The molecular formula is C15H31N3O. The van der Waals surface area contributed by atoms with Gasteiger partial charge in [-0.2, -0.15) is 0 Å². The number of amides is 1. The average Bonchev–Trinajstić information content (AvgIpc) is 2.38. The van der Waals surface area contributed by atoms with Crippen LogP contribution >= 0.6 is 0 Å². The van der Waals surface area contributed by atoms with Gasteiger partial charge in [-0.3, -0.25) is 9.69 Å². The summed E-state index contributed by atoms with van der Waals surface area (Å²) < 4.78 is 0. The number of piperidine rings is 1. The zero-order valence-corrected chi connectivity index (χ0v) is 12.9. The molecule has 1 atom stereocenters. The number of carbonyl (C=O) groups excluding carboxylic acids is 1. The molecule has 1 saturated heterocycles. The molecule has 0 aromatic rings. The van der Waals surface area contributed by atoms with E-state index in [0.29, 0.717) is 12.6 Å². The summed E-state index contributed by atoms with van der Waals surface area (Å²) in [4.78, 5) is 14.2. The van der Waals surface area contributed by atoms with E-state index in [1.807, 2.05) is 7.05 Å². The van der Waals surface area contributed by atoms with Crippen molar-refractivity contribution in [1.82, 2.24) is 15.5 Å². The fourth-order valence-electron chi connectivity index (χ4n) is 2.81. The summed E-state index contributed by atoms with van der Waals surface area (Å²) in [5, 5.41) is 6.30. The summed E-state index contributed by atoms with van der Waals surface area (Å²) in [5.74, 6) is 1.03. The number of nitrogens with zero attached hydrogens (tertiary/aromatic N) is 1. The number of carbonyl (C=O) groups is 1. The number of nitrogens with one attached hydrogen (secondary N) is 2. The molecule has 0 aromatic carbocycles. The van der Waals surface area contributed by atoms with Crippen molar-refractivity contribution in [2.75, 3.05) is 33.2 Å². The SMILES string of the molecule is CCCC(C)NC(=O)CN1CCC(CCNC)CC1. The van der Waals surface area contributed by atoms with Gasteiger partial charge in [-0.15, -0.1) is 0 Å².